The molecule has 0 bridgehead atoms. The fraction of sp³-hybridized carbons (Fsp3) is 0.438. The Hall–Kier alpha value is -2.57. The topological polar surface area (TPSA) is 117 Å². The number of benzene rings is 1. The van der Waals surface area contributed by atoms with Crippen LogP contribution >= 0.6 is 0 Å². The zero-order valence-corrected chi connectivity index (χ0v) is 13.1. The summed E-state index contributed by atoms with van der Waals surface area (Å²) in [5.74, 6) is -0.430. The molecule has 7 heteroatoms. The maximum atomic E-state index is 11.1. The van der Waals surface area contributed by atoms with Crippen LogP contribution in [0.1, 0.15) is 48.0 Å². The van der Waals surface area contributed by atoms with Gasteiger partial charge in [0.05, 0.1) is 5.56 Å². The van der Waals surface area contributed by atoms with Gasteiger partial charge in [0, 0.05) is 5.69 Å². The van der Waals surface area contributed by atoms with Crippen LogP contribution in [0.4, 0.5) is 5.69 Å². The molecule has 0 aromatic heterocycles. The first-order chi connectivity index (χ1) is 10.9. The molecule has 3 rings (SSSR count). The third-order valence-electron chi connectivity index (χ3n) is 4.54. The Bertz CT molecular complexity index is 704. The number of carboxylic acid groups (broad SMARTS) is 1. The normalized spacial score (nSPS) is 20.1. The summed E-state index contributed by atoms with van der Waals surface area (Å²) in [5, 5.41) is 9.14. The van der Waals surface area contributed by atoms with Crippen LogP contribution < -0.4 is 16.4 Å². The average Bonchev–Trinajstić information content (AvgIpc) is 2.48. The van der Waals surface area contributed by atoms with Crippen molar-refractivity contribution in [2.24, 2.45) is 21.5 Å². The quantitative estimate of drug-likeness (QED) is 0.769. The lowest BCUT2D eigenvalue weighted by Crippen LogP contribution is -2.58. The molecule has 0 saturated heterocycles. The molecule has 5 N–H and O–H groups in total. The fourth-order valence-corrected chi connectivity index (χ4v) is 3.51. The highest BCUT2D eigenvalue weighted by Crippen LogP contribution is 2.40. The number of nitrogens with zero attached hydrogens (tertiary/aromatic N) is 3. The maximum absolute atomic E-state index is 11.1. The van der Waals surface area contributed by atoms with Crippen LogP contribution in [-0.2, 0) is 0 Å². The van der Waals surface area contributed by atoms with E-state index in [4.69, 9.17) is 16.6 Å². The van der Waals surface area contributed by atoms with Crippen molar-refractivity contribution < 1.29 is 9.90 Å². The molecule has 7 nitrogen and oxygen atoms in total. The molecule has 1 fully saturated rings. The standard InChI is InChI=1S/C16H21N5O2/c1-10-9-11(13(22)23)5-6-12(10)21-15(18)19-14(17)20-16(21)7-3-2-4-8-16/h5-6,9H,2-4,7-8H2,1H3,(H,22,23)(H4,17,18,19,20). The molecule has 23 heavy (non-hydrogen) atoms. The maximum Gasteiger partial charge on any atom is 0.335 e. The summed E-state index contributed by atoms with van der Waals surface area (Å²) >= 11 is 0. The molecule has 1 aromatic rings. The predicted octanol–water partition coefficient (Wildman–Crippen LogP) is 1.80. The van der Waals surface area contributed by atoms with E-state index >= 15 is 0 Å². The van der Waals surface area contributed by atoms with Gasteiger partial charge in [0.1, 0.15) is 5.66 Å². The summed E-state index contributed by atoms with van der Waals surface area (Å²) in [6.45, 7) is 1.87. The molecule has 0 radical (unpaired) electrons. The van der Waals surface area contributed by atoms with Crippen LogP contribution in [0.2, 0.25) is 0 Å². The van der Waals surface area contributed by atoms with E-state index < -0.39 is 11.6 Å². The van der Waals surface area contributed by atoms with Crippen molar-refractivity contribution in [3.8, 4) is 0 Å². The van der Waals surface area contributed by atoms with Gasteiger partial charge in [-0.15, -0.1) is 0 Å². The lowest BCUT2D eigenvalue weighted by atomic mass is 9.87. The Morgan fingerprint density at radius 3 is 2.57 bits per heavy atom. The Morgan fingerprint density at radius 1 is 1.26 bits per heavy atom. The Labute approximate surface area is 134 Å². The number of anilines is 1. The molecular formula is C16H21N5O2. The monoisotopic (exact) mass is 315 g/mol. The van der Waals surface area contributed by atoms with Gasteiger partial charge in [-0.1, -0.05) is 6.42 Å². The van der Waals surface area contributed by atoms with E-state index in [0.717, 1.165) is 36.9 Å². The van der Waals surface area contributed by atoms with Crippen molar-refractivity contribution in [2.75, 3.05) is 4.90 Å². The molecule has 1 aliphatic carbocycles. The number of rotatable bonds is 2. The van der Waals surface area contributed by atoms with Gasteiger partial charge in [-0.3, -0.25) is 4.90 Å². The summed E-state index contributed by atoms with van der Waals surface area (Å²) in [4.78, 5) is 21.8. The number of guanidine groups is 2. The highest BCUT2D eigenvalue weighted by atomic mass is 16.4. The van der Waals surface area contributed by atoms with E-state index in [2.05, 4.69) is 9.98 Å². The van der Waals surface area contributed by atoms with Gasteiger partial charge in [0.25, 0.3) is 0 Å². The Morgan fingerprint density at radius 2 is 1.96 bits per heavy atom. The Kier molecular flexibility index (Phi) is 3.71. The molecule has 1 spiro atoms. The molecule has 1 saturated carbocycles. The smallest absolute Gasteiger partial charge is 0.335 e. The van der Waals surface area contributed by atoms with E-state index in [1.807, 2.05) is 11.8 Å². The van der Waals surface area contributed by atoms with Gasteiger partial charge in [-0.05, 0) is 56.4 Å². The van der Waals surface area contributed by atoms with E-state index in [1.165, 1.54) is 6.42 Å². The zero-order chi connectivity index (χ0) is 16.6. The molecule has 0 amide bonds. The van der Waals surface area contributed by atoms with Crippen molar-refractivity contribution in [3.05, 3.63) is 29.3 Å². The summed E-state index contributed by atoms with van der Waals surface area (Å²) in [6.07, 6.45) is 4.96. The second-order valence-electron chi connectivity index (χ2n) is 6.12. The number of aryl methyl sites for hydroxylation is 1. The minimum atomic E-state index is -0.949. The molecule has 0 atom stereocenters. The minimum Gasteiger partial charge on any atom is -0.478 e. The van der Waals surface area contributed by atoms with Crippen LogP contribution in [0, 0.1) is 6.92 Å². The first kappa shape index (κ1) is 15.3. The molecule has 0 unspecified atom stereocenters. The zero-order valence-electron chi connectivity index (χ0n) is 13.1. The van der Waals surface area contributed by atoms with E-state index in [-0.39, 0.29) is 11.5 Å². The third kappa shape index (κ3) is 2.62. The van der Waals surface area contributed by atoms with Crippen LogP contribution in [0.5, 0.6) is 0 Å². The Balaban J connectivity index is 2.09. The lowest BCUT2D eigenvalue weighted by Gasteiger charge is -2.46. The largest absolute Gasteiger partial charge is 0.478 e. The van der Waals surface area contributed by atoms with Gasteiger partial charge in [-0.2, -0.15) is 4.99 Å². The van der Waals surface area contributed by atoms with Crippen LogP contribution in [0.3, 0.4) is 0 Å². The van der Waals surface area contributed by atoms with E-state index in [9.17, 15) is 4.79 Å². The highest BCUT2D eigenvalue weighted by Gasteiger charge is 2.43. The average molecular weight is 315 g/mol. The summed E-state index contributed by atoms with van der Waals surface area (Å²) < 4.78 is 0. The van der Waals surface area contributed by atoms with Crippen LogP contribution in [-0.4, -0.2) is 28.7 Å². The lowest BCUT2D eigenvalue weighted by molar-refractivity contribution is 0.0697. The number of hydrogen-bond acceptors (Lipinski definition) is 6. The van der Waals surface area contributed by atoms with Gasteiger partial charge < -0.3 is 16.6 Å². The number of carboxylic acids is 1. The van der Waals surface area contributed by atoms with Gasteiger partial charge in [-0.25, -0.2) is 9.79 Å². The molecule has 122 valence electrons. The van der Waals surface area contributed by atoms with Gasteiger partial charge in [0.2, 0.25) is 11.9 Å². The molecule has 1 heterocycles. The predicted molar refractivity (Wildman–Crippen MR) is 89.7 cm³/mol. The number of aliphatic imine (C=N–C) groups is 2. The number of nitrogens with two attached hydrogens (primary N) is 2. The summed E-state index contributed by atoms with van der Waals surface area (Å²) in [5.41, 5.74) is 13.4. The fourth-order valence-electron chi connectivity index (χ4n) is 3.51. The van der Waals surface area contributed by atoms with Crippen molar-refractivity contribution in [2.45, 2.75) is 44.7 Å². The first-order valence-electron chi connectivity index (χ1n) is 7.77. The number of hydrogen-bond donors (Lipinski definition) is 3. The minimum absolute atomic E-state index is 0.209. The second kappa shape index (κ2) is 5.57. The van der Waals surface area contributed by atoms with Crippen molar-refractivity contribution in [1.82, 2.24) is 0 Å². The third-order valence-corrected chi connectivity index (χ3v) is 4.54. The summed E-state index contributed by atoms with van der Waals surface area (Å²) in [7, 11) is 0. The molecular weight excluding hydrogens is 294 g/mol. The van der Waals surface area contributed by atoms with Crippen molar-refractivity contribution in [1.29, 1.82) is 0 Å². The van der Waals surface area contributed by atoms with E-state index in [1.54, 1.807) is 18.2 Å². The molecule has 1 aromatic carbocycles. The van der Waals surface area contributed by atoms with Crippen LogP contribution in [0.15, 0.2) is 28.2 Å². The van der Waals surface area contributed by atoms with Gasteiger partial charge in [0.15, 0.2) is 0 Å². The van der Waals surface area contributed by atoms with E-state index in [0.29, 0.717) is 5.96 Å². The molecule has 2 aliphatic rings. The van der Waals surface area contributed by atoms with Gasteiger partial charge >= 0.3 is 5.97 Å². The first-order valence-corrected chi connectivity index (χ1v) is 7.77. The highest BCUT2D eigenvalue weighted by molar-refractivity contribution is 6.06. The van der Waals surface area contributed by atoms with Crippen molar-refractivity contribution >= 4 is 23.6 Å². The summed E-state index contributed by atoms with van der Waals surface area (Å²) in [6, 6.07) is 4.99. The van der Waals surface area contributed by atoms with Crippen LogP contribution in [0.25, 0.3) is 0 Å². The SMILES string of the molecule is Cc1cc(C(=O)O)ccc1N1C(N)=NC(N)=NC12CCCCC2. The second-order valence-corrected chi connectivity index (χ2v) is 6.12. The number of carbonyl (C=O) groups is 1. The van der Waals surface area contributed by atoms with Crippen molar-refractivity contribution in [3.63, 3.8) is 0 Å². The molecule has 1 aliphatic heterocycles. The number of aromatic carboxylic acids is 1.